The summed E-state index contributed by atoms with van der Waals surface area (Å²) in [6.07, 6.45) is -1.77. The molecule has 13 heteroatoms. The number of nitrogens with one attached hydrogen (secondary N) is 1. The summed E-state index contributed by atoms with van der Waals surface area (Å²) in [4.78, 5) is 16.8. The molecule has 1 atom stereocenters. The van der Waals surface area contributed by atoms with Crippen LogP contribution in [-0.4, -0.2) is 58.8 Å². The maximum absolute atomic E-state index is 14.9. The SMILES string of the molecule is CCc1nc(C(=O)NC[C@]2(O)CC[C@@H](S(C)(=O)=O)CC2)cn1-c1c(F)cc(CC(C)C(F)(F)F)cc1F. The van der Waals surface area contributed by atoms with Crippen LogP contribution in [0.25, 0.3) is 5.69 Å². The van der Waals surface area contributed by atoms with Crippen molar-refractivity contribution < 1.29 is 40.3 Å². The minimum atomic E-state index is -4.51. The van der Waals surface area contributed by atoms with Crippen molar-refractivity contribution in [3.05, 3.63) is 47.0 Å². The molecule has 37 heavy (non-hydrogen) atoms. The van der Waals surface area contributed by atoms with E-state index in [0.29, 0.717) is 0 Å². The Morgan fingerprint density at radius 1 is 1.24 bits per heavy atom. The number of carbonyl (C=O) groups excluding carboxylic acids is 1. The number of alkyl halides is 3. The molecule has 1 aliphatic rings. The van der Waals surface area contributed by atoms with Gasteiger partial charge in [-0.3, -0.25) is 9.36 Å². The number of nitrogens with zero attached hydrogens (tertiary/aromatic N) is 2. The number of halogens is 5. The molecule has 1 saturated carbocycles. The molecule has 1 fully saturated rings. The lowest BCUT2D eigenvalue weighted by atomic mass is 9.84. The molecule has 2 aromatic rings. The number of aryl methyl sites for hydroxylation is 1. The van der Waals surface area contributed by atoms with Crippen molar-refractivity contribution in [2.24, 2.45) is 5.92 Å². The standard InChI is InChI=1S/C24H30F5N3O4S/c1-4-20-31-19(22(33)30-13-23(34)7-5-16(6-8-23)37(3,35)36)12-32(20)21-17(25)10-15(11-18(21)26)9-14(2)24(27,28)29/h10-12,14,16,34H,4-9,13H2,1-3H3,(H,30,33)/t14?,16-,23+. The Bertz CT molecular complexity index is 1230. The number of aromatic nitrogens is 2. The third-order valence-corrected chi connectivity index (χ3v) is 8.48. The highest BCUT2D eigenvalue weighted by Crippen LogP contribution is 2.32. The number of hydrogen-bond acceptors (Lipinski definition) is 5. The summed E-state index contributed by atoms with van der Waals surface area (Å²) in [7, 11) is -3.23. The van der Waals surface area contributed by atoms with Crippen LogP contribution in [0.2, 0.25) is 0 Å². The summed E-state index contributed by atoms with van der Waals surface area (Å²) in [6.45, 7) is 2.41. The van der Waals surface area contributed by atoms with E-state index in [1.165, 1.54) is 0 Å². The van der Waals surface area contributed by atoms with Crippen molar-refractivity contribution in [1.82, 2.24) is 14.9 Å². The van der Waals surface area contributed by atoms with E-state index < -0.39 is 62.4 Å². The van der Waals surface area contributed by atoms with E-state index in [1.807, 2.05) is 0 Å². The Morgan fingerprint density at radius 2 is 1.81 bits per heavy atom. The quantitative estimate of drug-likeness (QED) is 0.485. The van der Waals surface area contributed by atoms with Crippen LogP contribution in [0.3, 0.4) is 0 Å². The second-order valence-corrected chi connectivity index (χ2v) is 12.1. The average Bonchev–Trinajstić information content (AvgIpc) is 3.20. The third-order valence-electron chi connectivity index (χ3n) is 6.79. The molecule has 2 N–H and O–H groups in total. The van der Waals surface area contributed by atoms with Crippen molar-refractivity contribution in [1.29, 1.82) is 0 Å². The lowest BCUT2D eigenvalue weighted by Gasteiger charge is -2.35. The molecule has 1 amide bonds. The molecule has 3 rings (SSSR count). The Balaban J connectivity index is 1.76. The van der Waals surface area contributed by atoms with Crippen LogP contribution >= 0.6 is 0 Å². The summed E-state index contributed by atoms with van der Waals surface area (Å²) in [6, 6.07) is 1.67. The van der Waals surface area contributed by atoms with Gasteiger partial charge in [0.25, 0.3) is 5.91 Å². The van der Waals surface area contributed by atoms with Gasteiger partial charge in [-0.25, -0.2) is 22.2 Å². The Hall–Kier alpha value is -2.54. The van der Waals surface area contributed by atoms with Gasteiger partial charge in [0.2, 0.25) is 0 Å². The lowest BCUT2D eigenvalue weighted by Crippen LogP contribution is -2.47. The number of hydrogen-bond donors (Lipinski definition) is 2. The minimum Gasteiger partial charge on any atom is -0.388 e. The first-order chi connectivity index (χ1) is 17.0. The summed E-state index contributed by atoms with van der Waals surface area (Å²) < 4.78 is 92.8. The van der Waals surface area contributed by atoms with Gasteiger partial charge in [-0.1, -0.05) is 13.8 Å². The first kappa shape index (κ1) is 29.0. The van der Waals surface area contributed by atoms with Crippen molar-refractivity contribution in [3.8, 4) is 5.69 Å². The number of amides is 1. The normalized spacial score (nSPS) is 21.6. The second-order valence-electron chi connectivity index (χ2n) is 9.76. The van der Waals surface area contributed by atoms with E-state index in [0.717, 1.165) is 36.1 Å². The zero-order chi connectivity index (χ0) is 27.8. The van der Waals surface area contributed by atoms with Crippen LogP contribution in [0.15, 0.2) is 18.3 Å². The highest BCUT2D eigenvalue weighted by molar-refractivity contribution is 7.91. The molecule has 0 aliphatic heterocycles. The summed E-state index contributed by atoms with van der Waals surface area (Å²) in [5.74, 6) is -4.54. The van der Waals surface area contributed by atoms with Gasteiger partial charge in [0.15, 0.2) is 11.6 Å². The zero-order valence-electron chi connectivity index (χ0n) is 20.7. The van der Waals surface area contributed by atoms with Crippen molar-refractivity contribution in [3.63, 3.8) is 0 Å². The van der Waals surface area contributed by atoms with Crippen LogP contribution in [0.4, 0.5) is 22.0 Å². The molecule has 0 saturated heterocycles. The molecule has 7 nitrogen and oxygen atoms in total. The fourth-order valence-corrected chi connectivity index (χ4v) is 5.57. The van der Waals surface area contributed by atoms with Gasteiger partial charge >= 0.3 is 6.18 Å². The van der Waals surface area contributed by atoms with Crippen LogP contribution in [-0.2, 0) is 22.7 Å². The van der Waals surface area contributed by atoms with Gasteiger partial charge < -0.3 is 10.4 Å². The Labute approximate surface area is 212 Å². The third kappa shape index (κ3) is 6.86. The van der Waals surface area contributed by atoms with E-state index in [-0.39, 0.29) is 55.7 Å². The number of aliphatic hydroxyl groups is 1. The van der Waals surface area contributed by atoms with Gasteiger partial charge in [-0.15, -0.1) is 0 Å². The van der Waals surface area contributed by atoms with Crippen molar-refractivity contribution in [2.75, 3.05) is 12.8 Å². The first-order valence-corrected chi connectivity index (χ1v) is 13.8. The molecule has 0 radical (unpaired) electrons. The van der Waals surface area contributed by atoms with Crippen molar-refractivity contribution in [2.45, 2.75) is 69.4 Å². The molecule has 206 valence electrons. The fourth-order valence-electron chi connectivity index (χ4n) is 4.48. The van der Waals surface area contributed by atoms with Gasteiger partial charge in [-0.2, -0.15) is 13.2 Å². The predicted molar refractivity (Wildman–Crippen MR) is 126 cm³/mol. The topological polar surface area (TPSA) is 101 Å². The molecule has 1 aliphatic carbocycles. The van der Waals surface area contributed by atoms with Gasteiger partial charge in [0.05, 0.1) is 16.8 Å². The van der Waals surface area contributed by atoms with E-state index in [2.05, 4.69) is 10.3 Å². The summed E-state index contributed by atoms with van der Waals surface area (Å²) in [5, 5.41) is 12.7. The predicted octanol–water partition coefficient (Wildman–Crippen LogP) is 3.90. The Kier molecular flexibility index (Phi) is 8.38. The number of rotatable bonds is 8. The average molecular weight is 552 g/mol. The van der Waals surface area contributed by atoms with Crippen LogP contribution in [0.1, 0.15) is 61.4 Å². The molecule has 1 heterocycles. The number of benzene rings is 1. The molecule has 0 spiro atoms. The van der Waals surface area contributed by atoms with E-state index in [1.54, 1.807) is 6.92 Å². The number of sulfone groups is 1. The molecule has 1 aromatic heterocycles. The minimum absolute atomic E-state index is 0.145. The van der Waals surface area contributed by atoms with E-state index >= 15 is 0 Å². The molecular weight excluding hydrogens is 521 g/mol. The van der Waals surface area contributed by atoms with E-state index in [4.69, 9.17) is 0 Å². The van der Waals surface area contributed by atoms with Gasteiger partial charge in [0, 0.05) is 25.4 Å². The van der Waals surface area contributed by atoms with Gasteiger partial charge in [0.1, 0.15) is 27.0 Å². The zero-order valence-corrected chi connectivity index (χ0v) is 21.5. The summed E-state index contributed by atoms with van der Waals surface area (Å²) >= 11 is 0. The fraction of sp³-hybridized carbons (Fsp3) is 0.583. The monoisotopic (exact) mass is 551 g/mol. The molecule has 0 bridgehead atoms. The largest absolute Gasteiger partial charge is 0.391 e. The van der Waals surface area contributed by atoms with Crippen LogP contribution < -0.4 is 5.32 Å². The first-order valence-electron chi connectivity index (χ1n) is 11.9. The lowest BCUT2D eigenvalue weighted by molar-refractivity contribution is -0.169. The number of carbonyl (C=O) groups is 1. The maximum atomic E-state index is 14.9. The molecule has 1 aromatic carbocycles. The van der Waals surface area contributed by atoms with Crippen molar-refractivity contribution >= 4 is 15.7 Å². The van der Waals surface area contributed by atoms with E-state index in [9.17, 15) is 40.3 Å². The smallest absolute Gasteiger partial charge is 0.388 e. The molecular formula is C24H30F5N3O4S. The summed E-state index contributed by atoms with van der Waals surface area (Å²) in [5.41, 5.74) is -2.18. The van der Waals surface area contributed by atoms with Crippen LogP contribution in [0, 0.1) is 17.6 Å². The number of imidazole rings is 1. The Morgan fingerprint density at radius 3 is 2.30 bits per heavy atom. The highest BCUT2D eigenvalue weighted by atomic mass is 32.2. The second kappa shape index (κ2) is 10.7. The molecule has 1 unspecified atom stereocenters. The van der Waals surface area contributed by atoms with Gasteiger partial charge in [-0.05, 0) is 49.8 Å². The van der Waals surface area contributed by atoms with Crippen LogP contribution in [0.5, 0.6) is 0 Å². The maximum Gasteiger partial charge on any atom is 0.391 e. The highest BCUT2D eigenvalue weighted by Gasteiger charge is 2.38.